The van der Waals surface area contributed by atoms with Crippen molar-refractivity contribution < 1.29 is 4.79 Å². The van der Waals surface area contributed by atoms with Crippen LogP contribution in [0.1, 0.15) is 116 Å². The molecule has 4 nitrogen and oxygen atoms in total. The van der Waals surface area contributed by atoms with Gasteiger partial charge in [-0.3, -0.25) is 4.99 Å². The van der Waals surface area contributed by atoms with E-state index < -0.39 is 5.54 Å². The average molecular weight is 418 g/mol. The lowest BCUT2D eigenvalue weighted by Gasteiger charge is -2.38. The Bertz CT molecular complexity index is 538. The fraction of sp³-hybridized carbons (Fsp3) is 0.923. The summed E-state index contributed by atoms with van der Waals surface area (Å²) in [5, 5.41) is 3.36. The van der Waals surface area contributed by atoms with Crippen LogP contribution in [0.4, 0.5) is 0 Å². The third-order valence-corrected chi connectivity index (χ3v) is 8.28. The van der Waals surface area contributed by atoms with Gasteiger partial charge in [0.05, 0.1) is 5.54 Å². The van der Waals surface area contributed by atoms with Gasteiger partial charge in [0.1, 0.15) is 6.29 Å². The number of hydrogen-bond donors (Lipinski definition) is 2. The third-order valence-electron chi connectivity index (χ3n) is 8.28. The first-order valence-corrected chi connectivity index (χ1v) is 13.1. The lowest BCUT2D eigenvalue weighted by Crippen LogP contribution is -2.54. The molecule has 4 heteroatoms. The molecule has 172 valence electrons. The number of guanidine groups is 1. The van der Waals surface area contributed by atoms with Crippen molar-refractivity contribution in [3.05, 3.63) is 0 Å². The molecule has 0 aromatic carbocycles. The Balaban J connectivity index is 1.52. The van der Waals surface area contributed by atoms with Crippen LogP contribution >= 0.6 is 0 Å². The topological polar surface area (TPSA) is 67.5 Å². The molecule has 0 heterocycles. The Morgan fingerprint density at radius 1 is 0.900 bits per heavy atom. The number of carbonyl (C=O) groups excluding carboxylic acids is 1. The lowest BCUT2D eigenvalue weighted by atomic mass is 9.72. The Morgan fingerprint density at radius 2 is 1.53 bits per heavy atom. The van der Waals surface area contributed by atoms with Gasteiger partial charge in [0.15, 0.2) is 5.96 Å². The van der Waals surface area contributed by atoms with E-state index in [2.05, 4.69) is 10.3 Å². The van der Waals surface area contributed by atoms with E-state index in [1.165, 1.54) is 103 Å². The fourth-order valence-corrected chi connectivity index (χ4v) is 6.24. The summed E-state index contributed by atoms with van der Waals surface area (Å²) in [6.07, 6.45) is 24.8. The van der Waals surface area contributed by atoms with Gasteiger partial charge in [-0.25, -0.2) is 0 Å². The van der Waals surface area contributed by atoms with E-state index in [9.17, 15) is 4.79 Å². The molecule has 0 saturated heterocycles. The first kappa shape index (κ1) is 23.6. The van der Waals surface area contributed by atoms with Crippen molar-refractivity contribution in [2.45, 2.75) is 121 Å². The van der Waals surface area contributed by atoms with Crippen LogP contribution in [0.25, 0.3) is 0 Å². The average Bonchev–Trinajstić information content (AvgIpc) is 3.60. The molecular formula is C26H47N3O. The van der Waals surface area contributed by atoms with E-state index >= 15 is 0 Å². The SMILES string of the molecule is CN=C(N)N[C@](C=O)(CCC1CCCCC1)C[C@H]1CCC[C@@H](CCCCC2CC2)C1. The van der Waals surface area contributed by atoms with Crippen LogP contribution < -0.4 is 11.1 Å². The van der Waals surface area contributed by atoms with Crippen molar-refractivity contribution in [3.63, 3.8) is 0 Å². The molecule has 3 saturated carbocycles. The van der Waals surface area contributed by atoms with Crippen molar-refractivity contribution in [1.29, 1.82) is 0 Å². The number of rotatable bonds is 12. The Hall–Kier alpha value is -1.06. The monoisotopic (exact) mass is 417 g/mol. The van der Waals surface area contributed by atoms with Crippen LogP contribution in [0.2, 0.25) is 0 Å². The second-order valence-electron chi connectivity index (χ2n) is 10.9. The van der Waals surface area contributed by atoms with Crippen molar-refractivity contribution in [2.24, 2.45) is 34.4 Å². The largest absolute Gasteiger partial charge is 0.370 e. The molecule has 3 aliphatic rings. The molecule has 3 fully saturated rings. The van der Waals surface area contributed by atoms with E-state index in [1.807, 2.05) is 0 Å². The zero-order valence-electron chi connectivity index (χ0n) is 19.5. The number of aldehydes is 1. The molecule has 0 amide bonds. The van der Waals surface area contributed by atoms with Crippen molar-refractivity contribution in [1.82, 2.24) is 5.32 Å². The maximum atomic E-state index is 12.4. The number of nitrogens with zero attached hydrogens (tertiary/aromatic N) is 1. The predicted octanol–water partition coefficient (Wildman–Crippen LogP) is 5.99. The van der Waals surface area contributed by atoms with Crippen molar-refractivity contribution in [3.8, 4) is 0 Å². The van der Waals surface area contributed by atoms with Gasteiger partial charge in [0, 0.05) is 7.05 Å². The molecule has 0 bridgehead atoms. The smallest absolute Gasteiger partial charge is 0.189 e. The molecule has 30 heavy (non-hydrogen) atoms. The van der Waals surface area contributed by atoms with Gasteiger partial charge in [-0.05, 0) is 49.4 Å². The first-order valence-electron chi connectivity index (χ1n) is 13.1. The molecule has 0 aliphatic heterocycles. The molecule has 0 aromatic rings. The second-order valence-corrected chi connectivity index (χ2v) is 10.9. The van der Waals surface area contributed by atoms with Crippen LogP contribution in [0.3, 0.4) is 0 Å². The predicted molar refractivity (Wildman–Crippen MR) is 127 cm³/mol. The van der Waals surface area contributed by atoms with E-state index in [1.54, 1.807) is 7.05 Å². The highest BCUT2D eigenvalue weighted by molar-refractivity contribution is 5.83. The van der Waals surface area contributed by atoms with E-state index in [4.69, 9.17) is 5.73 Å². The number of hydrogen-bond acceptors (Lipinski definition) is 2. The van der Waals surface area contributed by atoms with E-state index in [-0.39, 0.29) is 0 Å². The third kappa shape index (κ3) is 7.89. The van der Waals surface area contributed by atoms with Gasteiger partial charge < -0.3 is 15.8 Å². The van der Waals surface area contributed by atoms with Crippen LogP contribution in [-0.4, -0.2) is 24.8 Å². The molecule has 0 aromatic heterocycles. The van der Waals surface area contributed by atoms with E-state index in [0.717, 1.165) is 37.0 Å². The maximum absolute atomic E-state index is 12.4. The summed E-state index contributed by atoms with van der Waals surface area (Å²) in [4.78, 5) is 16.5. The highest BCUT2D eigenvalue weighted by atomic mass is 16.1. The maximum Gasteiger partial charge on any atom is 0.189 e. The van der Waals surface area contributed by atoms with Crippen LogP contribution in [0.15, 0.2) is 4.99 Å². The highest BCUT2D eigenvalue weighted by Gasteiger charge is 2.36. The molecular weight excluding hydrogens is 370 g/mol. The summed E-state index contributed by atoms with van der Waals surface area (Å²) >= 11 is 0. The minimum Gasteiger partial charge on any atom is -0.370 e. The summed E-state index contributed by atoms with van der Waals surface area (Å²) in [5.41, 5.74) is 5.54. The zero-order valence-corrected chi connectivity index (χ0v) is 19.5. The minimum atomic E-state index is -0.528. The van der Waals surface area contributed by atoms with Gasteiger partial charge in [-0.1, -0.05) is 89.9 Å². The van der Waals surface area contributed by atoms with Gasteiger partial charge in [0.2, 0.25) is 0 Å². The molecule has 3 aliphatic carbocycles. The first-order chi connectivity index (χ1) is 14.6. The Labute approximate surface area is 185 Å². The van der Waals surface area contributed by atoms with Crippen molar-refractivity contribution in [2.75, 3.05) is 7.05 Å². The van der Waals surface area contributed by atoms with E-state index in [0.29, 0.717) is 11.9 Å². The Morgan fingerprint density at radius 3 is 2.20 bits per heavy atom. The van der Waals surface area contributed by atoms with Gasteiger partial charge >= 0.3 is 0 Å². The highest BCUT2D eigenvalue weighted by Crippen LogP contribution is 2.39. The molecule has 0 spiro atoms. The summed E-state index contributed by atoms with van der Waals surface area (Å²) in [5.74, 6) is 3.77. The molecule has 0 radical (unpaired) electrons. The van der Waals surface area contributed by atoms with Crippen LogP contribution in [0, 0.1) is 23.7 Å². The number of unbranched alkanes of at least 4 members (excludes halogenated alkanes) is 1. The summed E-state index contributed by atoms with van der Waals surface area (Å²) < 4.78 is 0. The van der Waals surface area contributed by atoms with Crippen LogP contribution in [-0.2, 0) is 4.79 Å². The molecule has 3 atom stereocenters. The number of nitrogens with two attached hydrogens (primary N) is 1. The summed E-state index contributed by atoms with van der Waals surface area (Å²) in [7, 11) is 1.71. The molecule has 3 rings (SSSR count). The van der Waals surface area contributed by atoms with Gasteiger partial charge in [0.25, 0.3) is 0 Å². The van der Waals surface area contributed by atoms with Crippen LogP contribution in [0.5, 0.6) is 0 Å². The normalized spacial score (nSPS) is 28.1. The standard InChI is InChI=1S/C26H47N3O/c1-28-25(27)29-26(20-30,17-16-21-8-3-2-4-9-21)19-24-13-7-12-23(18-24)11-6-5-10-22-14-15-22/h20-24H,2-19H2,1H3,(H3,27,28,29)/t23-,24+,26-/m1/s1. The molecule has 0 unspecified atom stereocenters. The molecule has 3 N–H and O–H groups in total. The quantitative estimate of drug-likeness (QED) is 0.177. The van der Waals surface area contributed by atoms with Gasteiger partial charge in [-0.15, -0.1) is 0 Å². The van der Waals surface area contributed by atoms with Gasteiger partial charge in [-0.2, -0.15) is 0 Å². The Kier molecular flexibility index (Phi) is 9.52. The number of nitrogens with one attached hydrogen (secondary N) is 1. The van der Waals surface area contributed by atoms with Crippen molar-refractivity contribution >= 4 is 12.2 Å². The summed E-state index contributed by atoms with van der Waals surface area (Å²) in [6.45, 7) is 0. The summed E-state index contributed by atoms with van der Waals surface area (Å²) in [6, 6.07) is 0. The zero-order chi connectivity index (χ0) is 21.2. The minimum absolute atomic E-state index is 0.415. The number of aliphatic imine (C=N–C) groups is 1. The second kappa shape index (κ2) is 12.1. The fourth-order valence-electron chi connectivity index (χ4n) is 6.24. The number of carbonyl (C=O) groups is 1. The lowest BCUT2D eigenvalue weighted by molar-refractivity contribution is -0.114.